The van der Waals surface area contributed by atoms with Gasteiger partial charge in [0.05, 0.1) is 27.7 Å². The summed E-state index contributed by atoms with van der Waals surface area (Å²) in [5.74, 6) is -0.940. The van der Waals surface area contributed by atoms with Crippen LogP contribution in [0.2, 0.25) is 0 Å². The minimum absolute atomic E-state index is 0.0559. The van der Waals surface area contributed by atoms with E-state index in [9.17, 15) is 19.0 Å². The molecule has 0 aliphatic rings. The number of hydrogen-bond acceptors (Lipinski definition) is 8. The summed E-state index contributed by atoms with van der Waals surface area (Å²) < 4.78 is 34.1. The van der Waals surface area contributed by atoms with Crippen molar-refractivity contribution >= 4 is 19.8 Å². The Balaban J connectivity index is 4.30. The average molecular weight is 1180 g/mol. The number of hydrogen-bond donors (Lipinski definition) is 0. The number of allylic oxidation sites excluding steroid dienone is 34. The fraction of sp³-hybridized carbons (Fsp3) is 0.514. The van der Waals surface area contributed by atoms with E-state index in [4.69, 9.17) is 18.5 Å². The monoisotopic (exact) mass is 1180 g/mol. The molecular formula is C74H114NO8P. The second kappa shape index (κ2) is 62.1. The average Bonchev–Trinajstić information content (AvgIpc) is 3.61. The Morgan fingerprint density at radius 3 is 0.988 bits per heavy atom. The van der Waals surface area contributed by atoms with Crippen molar-refractivity contribution in [1.82, 2.24) is 0 Å². The van der Waals surface area contributed by atoms with Gasteiger partial charge in [-0.25, -0.2) is 0 Å². The van der Waals surface area contributed by atoms with Crippen LogP contribution in [-0.4, -0.2) is 70.0 Å². The van der Waals surface area contributed by atoms with Gasteiger partial charge in [-0.05, 0) is 141 Å². The Morgan fingerprint density at radius 2 is 0.655 bits per heavy atom. The summed E-state index contributed by atoms with van der Waals surface area (Å²) in [5, 5.41) is 0. The molecule has 0 N–H and O–H groups in total. The fourth-order valence-corrected chi connectivity index (χ4v) is 8.22. The first-order valence-electron chi connectivity index (χ1n) is 31.8. The van der Waals surface area contributed by atoms with Crippen molar-refractivity contribution < 1.29 is 42.1 Å². The third-order valence-corrected chi connectivity index (χ3v) is 13.3. The van der Waals surface area contributed by atoms with Crippen LogP contribution >= 0.6 is 7.82 Å². The van der Waals surface area contributed by atoms with Crippen LogP contribution < -0.4 is 4.89 Å². The number of phosphoric ester groups is 1. The first-order chi connectivity index (χ1) is 41.0. The van der Waals surface area contributed by atoms with E-state index in [0.717, 1.165) is 148 Å². The van der Waals surface area contributed by atoms with Crippen molar-refractivity contribution in [1.29, 1.82) is 0 Å². The topological polar surface area (TPSA) is 111 Å². The van der Waals surface area contributed by atoms with E-state index >= 15 is 0 Å². The van der Waals surface area contributed by atoms with E-state index in [1.165, 1.54) is 0 Å². The molecule has 0 saturated heterocycles. The van der Waals surface area contributed by atoms with Crippen LogP contribution in [0.4, 0.5) is 0 Å². The molecule has 0 aliphatic carbocycles. The molecule has 0 saturated carbocycles. The quantitative estimate of drug-likeness (QED) is 0.0195. The van der Waals surface area contributed by atoms with Crippen LogP contribution in [0.25, 0.3) is 0 Å². The highest BCUT2D eigenvalue weighted by atomic mass is 31.2. The smallest absolute Gasteiger partial charge is 0.306 e. The molecule has 0 aromatic rings. The summed E-state index contributed by atoms with van der Waals surface area (Å²) in [6, 6.07) is 0. The molecule has 0 heterocycles. The first kappa shape index (κ1) is 78.6. The molecule has 0 aliphatic heterocycles. The van der Waals surface area contributed by atoms with Crippen LogP contribution in [-0.2, 0) is 32.7 Å². The summed E-state index contributed by atoms with van der Waals surface area (Å²) in [4.78, 5) is 37.9. The lowest BCUT2D eigenvalue weighted by Crippen LogP contribution is -2.37. The number of quaternary nitrogens is 1. The van der Waals surface area contributed by atoms with E-state index < -0.39 is 32.5 Å². The molecule has 0 aromatic heterocycles. The molecule has 0 rings (SSSR count). The van der Waals surface area contributed by atoms with Gasteiger partial charge in [0.1, 0.15) is 19.8 Å². The highest BCUT2D eigenvalue weighted by molar-refractivity contribution is 7.45. The van der Waals surface area contributed by atoms with Gasteiger partial charge in [0.15, 0.2) is 6.10 Å². The van der Waals surface area contributed by atoms with Crippen molar-refractivity contribution in [3.05, 3.63) is 207 Å². The number of nitrogens with zero attached hydrogens (tertiary/aromatic N) is 1. The lowest BCUT2D eigenvalue weighted by molar-refractivity contribution is -0.870. The number of ether oxygens (including phenoxy) is 2. The zero-order chi connectivity index (χ0) is 61.2. The third kappa shape index (κ3) is 65.7. The maximum Gasteiger partial charge on any atom is 0.306 e. The van der Waals surface area contributed by atoms with Gasteiger partial charge in [-0.2, -0.15) is 0 Å². The molecule has 0 aromatic carbocycles. The molecule has 0 bridgehead atoms. The maximum absolute atomic E-state index is 12.8. The summed E-state index contributed by atoms with van der Waals surface area (Å²) >= 11 is 0. The van der Waals surface area contributed by atoms with Crippen LogP contribution in [0.3, 0.4) is 0 Å². The lowest BCUT2D eigenvalue weighted by atomic mass is 10.1. The molecule has 468 valence electrons. The minimum Gasteiger partial charge on any atom is -0.756 e. The number of likely N-dealkylation sites (N-methyl/N-ethyl adjacent to an activating group) is 1. The molecule has 0 radical (unpaired) electrons. The van der Waals surface area contributed by atoms with E-state index in [-0.39, 0.29) is 26.1 Å². The molecule has 9 nitrogen and oxygen atoms in total. The maximum atomic E-state index is 12.8. The van der Waals surface area contributed by atoms with E-state index in [1.54, 1.807) is 0 Å². The molecule has 2 atom stereocenters. The SMILES string of the molecule is CC/C=C\C/C=C\C/C=C\C/C=C\C/C=C\C/C=C\C/C=C\C/C=C\C/C=C\C/C=C\CCCCCCCCC(=O)OC(COC(=O)CCC/C=C\C/C=C\C/C=C\C/C=C\C/C=C\C/C=C\C/C=C\CC)COP(=O)([O-])OCC[N+](C)(C)C. The molecular weight excluding hydrogens is 1060 g/mol. The standard InChI is InChI=1S/C74H114NO8P/c1-6-8-10-12-14-16-18-20-22-24-26-28-30-31-32-33-34-35-36-37-38-39-40-41-42-43-45-47-49-51-53-55-57-59-61-63-65-67-74(77)83-72(71-82-84(78,79)81-69-68-75(3,4)5)70-80-73(76)66-64-62-60-58-56-54-52-50-48-46-44-29-27-25-23-21-19-17-15-13-11-9-7-2/h8-11,14-17,20-23,26-29,31-32,34-35,37-38,40-41,43,45-46,48-49,51-52,54,58,60,72H,6-7,12-13,18-19,24-25,30,33,36,39,42,44,47,50,53,55-57,59,61-71H2,1-5H3/b10-8-,11-9-,16-14-,17-15-,22-20-,23-21-,28-26-,29-27-,32-31-,35-34-,38-37-,41-40-,45-43-,48-46-,51-49-,54-52-,60-58-. The lowest BCUT2D eigenvalue weighted by Gasteiger charge is -2.28. The van der Waals surface area contributed by atoms with Gasteiger partial charge in [-0.1, -0.05) is 246 Å². The zero-order valence-corrected chi connectivity index (χ0v) is 53.9. The fourth-order valence-electron chi connectivity index (χ4n) is 7.49. The molecule has 2 unspecified atom stereocenters. The third-order valence-electron chi connectivity index (χ3n) is 12.3. The van der Waals surface area contributed by atoms with Crippen LogP contribution in [0.15, 0.2) is 207 Å². The normalized spacial score (nSPS) is 14.6. The first-order valence-corrected chi connectivity index (χ1v) is 33.3. The predicted octanol–water partition coefficient (Wildman–Crippen LogP) is 20.1. The Bertz CT molecular complexity index is 2170. The van der Waals surface area contributed by atoms with Crippen LogP contribution in [0.1, 0.15) is 194 Å². The van der Waals surface area contributed by atoms with E-state index in [2.05, 4.69) is 214 Å². The molecule has 10 heteroatoms. The highest BCUT2D eigenvalue weighted by Gasteiger charge is 2.21. The number of esters is 2. The Kier molecular flexibility index (Phi) is 58.1. The Morgan fingerprint density at radius 1 is 0.369 bits per heavy atom. The Hall–Kier alpha value is -5.41. The largest absolute Gasteiger partial charge is 0.756 e. The van der Waals surface area contributed by atoms with Crippen LogP contribution in [0, 0.1) is 0 Å². The van der Waals surface area contributed by atoms with Crippen LogP contribution in [0.5, 0.6) is 0 Å². The van der Waals surface area contributed by atoms with E-state index in [0.29, 0.717) is 30.3 Å². The predicted molar refractivity (Wildman–Crippen MR) is 359 cm³/mol. The van der Waals surface area contributed by atoms with Gasteiger partial charge in [0.25, 0.3) is 7.82 Å². The van der Waals surface area contributed by atoms with Gasteiger partial charge in [-0.15, -0.1) is 0 Å². The summed E-state index contributed by atoms with van der Waals surface area (Å²) in [7, 11) is 1.09. The number of rotatable bonds is 55. The van der Waals surface area contributed by atoms with Gasteiger partial charge >= 0.3 is 11.9 Å². The highest BCUT2D eigenvalue weighted by Crippen LogP contribution is 2.38. The summed E-state index contributed by atoms with van der Waals surface area (Å²) in [6.07, 6.45) is 98.9. The number of unbranched alkanes of at least 4 members (excludes halogenated alkanes) is 7. The zero-order valence-electron chi connectivity index (χ0n) is 53.0. The van der Waals surface area contributed by atoms with E-state index in [1.807, 2.05) is 27.2 Å². The van der Waals surface area contributed by atoms with Gasteiger partial charge in [0, 0.05) is 12.8 Å². The van der Waals surface area contributed by atoms with Crippen molar-refractivity contribution in [3.8, 4) is 0 Å². The molecule has 0 spiro atoms. The molecule has 84 heavy (non-hydrogen) atoms. The minimum atomic E-state index is -4.67. The molecule has 0 amide bonds. The molecule has 0 fully saturated rings. The second-order valence-corrected chi connectivity index (χ2v) is 22.7. The number of carbonyl (C=O) groups excluding carboxylic acids is 2. The number of carbonyl (C=O) groups is 2. The van der Waals surface area contributed by atoms with Gasteiger partial charge in [-0.3, -0.25) is 14.2 Å². The van der Waals surface area contributed by atoms with Crippen molar-refractivity contribution in [2.45, 2.75) is 200 Å². The Labute approximate surface area is 513 Å². The number of phosphoric acid groups is 1. The van der Waals surface area contributed by atoms with Crippen molar-refractivity contribution in [3.63, 3.8) is 0 Å². The van der Waals surface area contributed by atoms with Gasteiger partial charge in [0.2, 0.25) is 0 Å². The second-order valence-electron chi connectivity index (χ2n) is 21.3. The van der Waals surface area contributed by atoms with Gasteiger partial charge < -0.3 is 27.9 Å². The summed E-state index contributed by atoms with van der Waals surface area (Å²) in [5.41, 5.74) is 0. The van der Waals surface area contributed by atoms with Crippen molar-refractivity contribution in [2.24, 2.45) is 0 Å². The summed E-state index contributed by atoms with van der Waals surface area (Å²) in [6.45, 7) is 3.89. The van der Waals surface area contributed by atoms with Crippen molar-refractivity contribution in [2.75, 3.05) is 47.5 Å².